The van der Waals surface area contributed by atoms with Crippen molar-refractivity contribution in [3.8, 4) is 0 Å². The number of carbonyl (C=O) groups excluding carboxylic acids is 1. The lowest BCUT2D eigenvalue weighted by atomic mass is 9.55. The van der Waals surface area contributed by atoms with Crippen molar-refractivity contribution in [1.29, 1.82) is 0 Å². The molecule has 0 unspecified atom stereocenters. The molecular weight excluding hydrogens is 294 g/mol. The third-order valence-corrected chi connectivity index (χ3v) is 6.98. The van der Waals surface area contributed by atoms with Gasteiger partial charge in [0.1, 0.15) is 5.78 Å². The number of benzene rings is 1. The molecule has 0 amide bonds. The Labute approximate surface area is 146 Å². The molecule has 1 aromatic carbocycles. The van der Waals surface area contributed by atoms with Crippen LogP contribution in [-0.2, 0) is 11.2 Å². The van der Waals surface area contributed by atoms with Gasteiger partial charge >= 0.3 is 0 Å². The highest BCUT2D eigenvalue weighted by Crippen LogP contribution is 2.51. The minimum absolute atomic E-state index is 0.276. The number of hydrogen-bond acceptors (Lipinski definition) is 2. The van der Waals surface area contributed by atoms with Crippen LogP contribution in [-0.4, -0.2) is 29.8 Å². The first-order chi connectivity index (χ1) is 11.8. The predicted molar refractivity (Wildman–Crippen MR) is 97.9 cm³/mol. The Kier molecular flexibility index (Phi) is 4.76. The number of ketones is 1. The van der Waals surface area contributed by atoms with Crippen LogP contribution in [0.15, 0.2) is 30.3 Å². The van der Waals surface area contributed by atoms with Crippen molar-refractivity contribution in [3.63, 3.8) is 0 Å². The molecule has 1 saturated heterocycles. The average Bonchev–Trinajstić information content (AvgIpc) is 2.61. The maximum absolute atomic E-state index is 12.9. The first-order valence-corrected chi connectivity index (χ1v) is 10.1. The van der Waals surface area contributed by atoms with Crippen LogP contribution in [0.2, 0.25) is 0 Å². The Morgan fingerprint density at radius 2 is 1.96 bits per heavy atom. The monoisotopic (exact) mass is 325 g/mol. The lowest BCUT2D eigenvalue weighted by Gasteiger charge is -2.55. The number of Topliss-reactive ketones (excluding diaryl/α,β-unsaturated/α-hetero) is 1. The molecule has 3 aliphatic rings. The van der Waals surface area contributed by atoms with Crippen molar-refractivity contribution in [2.24, 2.45) is 23.7 Å². The summed E-state index contributed by atoms with van der Waals surface area (Å²) in [6.45, 7) is 4.77. The lowest BCUT2D eigenvalue weighted by Crippen LogP contribution is -2.58. The Morgan fingerprint density at radius 1 is 1.12 bits per heavy atom. The maximum atomic E-state index is 12.9. The minimum Gasteiger partial charge on any atom is -0.300 e. The molecule has 0 spiro atoms. The number of hydrogen-bond donors (Lipinski definition) is 0. The fraction of sp³-hybridized carbons (Fsp3) is 0.682. The van der Waals surface area contributed by atoms with Crippen LogP contribution in [0.5, 0.6) is 0 Å². The highest BCUT2D eigenvalue weighted by molar-refractivity contribution is 5.83. The zero-order chi connectivity index (χ0) is 16.5. The molecule has 1 heterocycles. The van der Waals surface area contributed by atoms with Crippen LogP contribution in [0.25, 0.3) is 0 Å². The highest BCUT2D eigenvalue weighted by atomic mass is 16.1. The summed E-state index contributed by atoms with van der Waals surface area (Å²) in [7, 11) is 0. The van der Waals surface area contributed by atoms with Gasteiger partial charge in [-0.05, 0) is 68.5 Å². The van der Waals surface area contributed by atoms with Gasteiger partial charge in [0, 0.05) is 18.4 Å². The fourth-order valence-electron chi connectivity index (χ4n) is 6.07. The van der Waals surface area contributed by atoms with Gasteiger partial charge in [-0.2, -0.15) is 0 Å². The second-order valence-electron chi connectivity index (χ2n) is 8.29. The number of nitrogens with zero attached hydrogens (tertiary/aromatic N) is 1. The van der Waals surface area contributed by atoms with Crippen molar-refractivity contribution in [2.45, 2.75) is 57.9 Å². The summed E-state index contributed by atoms with van der Waals surface area (Å²) in [6, 6.07) is 11.4. The van der Waals surface area contributed by atoms with E-state index in [1.54, 1.807) is 0 Å². The van der Waals surface area contributed by atoms with Gasteiger partial charge in [-0.15, -0.1) is 0 Å². The van der Waals surface area contributed by atoms with Crippen molar-refractivity contribution >= 4 is 5.78 Å². The van der Waals surface area contributed by atoms with Crippen molar-refractivity contribution in [3.05, 3.63) is 35.9 Å². The van der Waals surface area contributed by atoms with E-state index in [4.69, 9.17) is 0 Å². The minimum atomic E-state index is 0.276. The Morgan fingerprint density at radius 3 is 2.75 bits per heavy atom. The van der Waals surface area contributed by atoms with Crippen LogP contribution >= 0.6 is 0 Å². The van der Waals surface area contributed by atoms with Crippen molar-refractivity contribution in [1.82, 2.24) is 4.90 Å². The van der Waals surface area contributed by atoms with E-state index in [1.165, 1.54) is 50.8 Å². The van der Waals surface area contributed by atoms with Gasteiger partial charge in [0.15, 0.2) is 0 Å². The smallest absolute Gasteiger partial charge is 0.136 e. The molecular formula is C22H31NO. The number of piperidine rings is 1. The van der Waals surface area contributed by atoms with E-state index in [0.29, 0.717) is 17.6 Å². The molecule has 0 aromatic heterocycles. The zero-order valence-electron chi connectivity index (χ0n) is 15.0. The summed E-state index contributed by atoms with van der Waals surface area (Å²) in [5.41, 5.74) is 1.35. The summed E-state index contributed by atoms with van der Waals surface area (Å²) in [5, 5.41) is 0. The van der Waals surface area contributed by atoms with E-state index in [0.717, 1.165) is 24.8 Å². The molecule has 3 fully saturated rings. The zero-order valence-corrected chi connectivity index (χ0v) is 15.0. The van der Waals surface area contributed by atoms with Crippen LogP contribution < -0.4 is 0 Å². The summed E-state index contributed by atoms with van der Waals surface area (Å²) in [5.74, 6) is 2.93. The summed E-state index contributed by atoms with van der Waals surface area (Å²) in [4.78, 5) is 15.7. The fourth-order valence-corrected chi connectivity index (χ4v) is 6.07. The third kappa shape index (κ3) is 2.94. The van der Waals surface area contributed by atoms with Crippen molar-refractivity contribution < 1.29 is 4.79 Å². The van der Waals surface area contributed by atoms with Crippen LogP contribution in [0.3, 0.4) is 0 Å². The predicted octanol–water partition coefficient (Wildman–Crippen LogP) is 4.33. The standard InChI is InChI=1S/C22H31NO/c1-2-12-23-13-11-17-15-21(24)19(14-16-7-4-3-5-8-16)18-9-6-10-20(23)22(17)18/h3-5,7-8,17-20,22H,2,6,9-15H2,1H3/t17-,18+,19+,20+,22+/m1/s1. The molecule has 0 bridgehead atoms. The van der Waals surface area contributed by atoms with E-state index >= 15 is 0 Å². The molecule has 130 valence electrons. The van der Waals surface area contributed by atoms with E-state index in [-0.39, 0.29) is 5.92 Å². The SMILES string of the molecule is CCCN1CC[C@@H]2CC(=O)[C@@H](Cc3ccccc3)[C@@H]3CCC[C@H]1[C@@H]23. The molecule has 2 heteroatoms. The second-order valence-corrected chi connectivity index (χ2v) is 8.29. The van der Waals surface area contributed by atoms with Gasteiger partial charge in [-0.1, -0.05) is 43.7 Å². The van der Waals surface area contributed by atoms with E-state index < -0.39 is 0 Å². The number of likely N-dealkylation sites (tertiary alicyclic amines) is 1. The Bertz CT molecular complexity index is 569. The summed E-state index contributed by atoms with van der Waals surface area (Å²) >= 11 is 0. The van der Waals surface area contributed by atoms with E-state index in [1.807, 2.05) is 0 Å². The van der Waals surface area contributed by atoms with Crippen LogP contribution in [0.4, 0.5) is 0 Å². The topological polar surface area (TPSA) is 20.3 Å². The van der Waals surface area contributed by atoms with Crippen LogP contribution in [0.1, 0.15) is 51.0 Å². The largest absolute Gasteiger partial charge is 0.300 e. The molecule has 1 aliphatic heterocycles. The molecule has 1 aromatic rings. The highest BCUT2D eigenvalue weighted by Gasteiger charge is 2.51. The normalized spacial score (nSPS) is 36.4. The number of rotatable bonds is 4. The molecule has 2 saturated carbocycles. The molecule has 5 atom stereocenters. The Balaban J connectivity index is 1.58. The first-order valence-electron chi connectivity index (χ1n) is 10.1. The molecule has 2 nitrogen and oxygen atoms in total. The van der Waals surface area contributed by atoms with Gasteiger partial charge in [0.25, 0.3) is 0 Å². The summed E-state index contributed by atoms with van der Waals surface area (Å²) < 4.78 is 0. The van der Waals surface area contributed by atoms with Gasteiger partial charge in [-0.25, -0.2) is 0 Å². The van der Waals surface area contributed by atoms with Gasteiger partial charge in [-0.3, -0.25) is 4.79 Å². The van der Waals surface area contributed by atoms with Gasteiger partial charge < -0.3 is 4.90 Å². The average molecular weight is 325 g/mol. The third-order valence-electron chi connectivity index (χ3n) is 6.98. The number of carbonyl (C=O) groups is 1. The maximum Gasteiger partial charge on any atom is 0.136 e. The van der Waals surface area contributed by atoms with E-state index in [9.17, 15) is 4.79 Å². The van der Waals surface area contributed by atoms with Gasteiger partial charge in [0.2, 0.25) is 0 Å². The van der Waals surface area contributed by atoms with Gasteiger partial charge in [0.05, 0.1) is 0 Å². The summed E-state index contributed by atoms with van der Waals surface area (Å²) in [6.07, 6.45) is 8.29. The molecule has 0 N–H and O–H groups in total. The van der Waals surface area contributed by atoms with Crippen LogP contribution in [0, 0.1) is 23.7 Å². The molecule has 4 rings (SSSR count). The molecule has 0 radical (unpaired) electrons. The molecule has 2 aliphatic carbocycles. The van der Waals surface area contributed by atoms with Crippen molar-refractivity contribution in [2.75, 3.05) is 13.1 Å². The Hall–Kier alpha value is -1.15. The quantitative estimate of drug-likeness (QED) is 0.821. The second kappa shape index (κ2) is 7.00. The molecule has 24 heavy (non-hydrogen) atoms. The lowest BCUT2D eigenvalue weighted by molar-refractivity contribution is -0.139. The van der Waals surface area contributed by atoms with E-state index in [2.05, 4.69) is 42.2 Å². The first kappa shape index (κ1) is 16.3.